The lowest BCUT2D eigenvalue weighted by atomic mass is 10.2. The zero-order valence-electron chi connectivity index (χ0n) is 14.2. The molecule has 0 radical (unpaired) electrons. The molecule has 5 nitrogen and oxygen atoms in total. The van der Waals surface area contributed by atoms with Crippen LogP contribution >= 0.6 is 23.2 Å². The topological polar surface area (TPSA) is 59.1 Å². The van der Waals surface area contributed by atoms with Crippen molar-refractivity contribution >= 4 is 40.5 Å². The van der Waals surface area contributed by atoms with Gasteiger partial charge in [0, 0.05) is 25.3 Å². The lowest BCUT2D eigenvalue weighted by Gasteiger charge is -2.13. The minimum atomic E-state index is 0.520. The molecule has 0 spiro atoms. The number of methoxy groups -OCH3 is 1. The largest absolute Gasteiger partial charge is 0.383 e. The summed E-state index contributed by atoms with van der Waals surface area (Å²) < 4.78 is 5.08. The number of para-hydroxylation sites is 1. The van der Waals surface area contributed by atoms with E-state index in [1.165, 1.54) is 0 Å². The van der Waals surface area contributed by atoms with Crippen LogP contribution in [-0.2, 0) is 4.74 Å². The second kappa shape index (κ2) is 8.85. The van der Waals surface area contributed by atoms with E-state index in [1.807, 2.05) is 36.4 Å². The molecule has 26 heavy (non-hydrogen) atoms. The van der Waals surface area contributed by atoms with Crippen LogP contribution in [0.3, 0.4) is 0 Å². The molecular formula is C19H18Cl2N4O. The van der Waals surface area contributed by atoms with Crippen molar-refractivity contribution in [2.45, 2.75) is 0 Å². The average Bonchev–Trinajstić information content (AvgIpc) is 2.66. The van der Waals surface area contributed by atoms with Crippen molar-refractivity contribution in [3.8, 4) is 11.4 Å². The van der Waals surface area contributed by atoms with Crippen molar-refractivity contribution < 1.29 is 4.74 Å². The third kappa shape index (κ3) is 4.64. The van der Waals surface area contributed by atoms with Crippen LogP contribution in [0.15, 0.2) is 54.6 Å². The summed E-state index contributed by atoms with van der Waals surface area (Å²) in [6, 6.07) is 16.9. The molecule has 0 aliphatic carbocycles. The van der Waals surface area contributed by atoms with Crippen LogP contribution in [0.25, 0.3) is 11.4 Å². The summed E-state index contributed by atoms with van der Waals surface area (Å²) in [6.45, 7) is 1.21. The van der Waals surface area contributed by atoms with Crippen molar-refractivity contribution in [1.82, 2.24) is 9.97 Å². The summed E-state index contributed by atoms with van der Waals surface area (Å²) in [5.74, 6) is 1.87. The van der Waals surface area contributed by atoms with Crippen LogP contribution in [0.2, 0.25) is 10.0 Å². The molecule has 3 aromatic rings. The standard InChI is InChI=1S/C19H18Cl2N4O/c1-26-11-10-22-16-12-17(23-18-14(20)8-5-9-15(18)21)25-19(24-16)13-6-3-2-4-7-13/h2-9,12H,10-11H2,1H3,(H2,22,23,24,25). The lowest BCUT2D eigenvalue weighted by molar-refractivity contribution is 0.210. The zero-order chi connectivity index (χ0) is 18.4. The fraction of sp³-hybridized carbons (Fsp3) is 0.158. The van der Waals surface area contributed by atoms with E-state index in [9.17, 15) is 0 Å². The molecule has 0 unspecified atom stereocenters. The summed E-state index contributed by atoms with van der Waals surface area (Å²) in [7, 11) is 1.66. The summed E-state index contributed by atoms with van der Waals surface area (Å²) in [5.41, 5.74) is 1.52. The average molecular weight is 389 g/mol. The number of hydrogen-bond donors (Lipinski definition) is 2. The first-order valence-corrected chi connectivity index (χ1v) is 8.81. The normalized spacial score (nSPS) is 10.6. The van der Waals surface area contributed by atoms with E-state index in [-0.39, 0.29) is 0 Å². The Labute approximate surface area is 162 Å². The van der Waals surface area contributed by atoms with Crippen molar-refractivity contribution in [2.24, 2.45) is 0 Å². The monoisotopic (exact) mass is 388 g/mol. The van der Waals surface area contributed by atoms with Crippen LogP contribution in [0.4, 0.5) is 17.3 Å². The lowest BCUT2D eigenvalue weighted by Crippen LogP contribution is -2.10. The molecule has 2 N–H and O–H groups in total. The van der Waals surface area contributed by atoms with Crippen molar-refractivity contribution in [1.29, 1.82) is 0 Å². The molecule has 0 amide bonds. The Bertz CT molecular complexity index is 854. The highest BCUT2D eigenvalue weighted by molar-refractivity contribution is 6.39. The number of ether oxygens (including phenoxy) is 1. The Morgan fingerprint density at radius 2 is 1.62 bits per heavy atom. The number of rotatable bonds is 7. The van der Waals surface area contributed by atoms with E-state index >= 15 is 0 Å². The maximum atomic E-state index is 6.26. The van der Waals surface area contributed by atoms with E-state index in [4.69, 9.17) is 27.9 Å². The van der Waals surface area contributed by atoms with Crippen LogP contribution in [-0.4, -0.2) is 30.2 Å². The Kier molecular flexibility index (Phi) is 6.28. The molecule has 0 saturated heterocycles. The molecule has 3 rings (SSSR count). The number of aromatic nitrogens is 2. The number of anilines is 3. The predicted molar refractivity (Wildman–Crippen MR) is 108 cm³/mol. The maximum absolute atomic E-state index is 6.26. The third-order valence-corrected chi connectivity index (χ3v) is 4.22. The molecule has 1 heterocycles. The van der Waals surface area contributed by atoms with Crippen LogP contribution < -0.4 is 10.6 Å². The van der Waals surface area contributed by atoms with Crippen molar-refractivity contribution in [3.63, 3.8) is 0 Å². The van der Waals surface area contributed by atoms with Gasteiger partial charge in [0.25, 0.3) is 0 Å². The smallest absolute Gasteiger partial charge is 0.163 e. The van der Waals surface area contributed by atoms with Gasteiger partial charge in [0.15, 0.2) is 5.82 Å². The van der Waals surface area contributed by atoms with Gasteiger partial charge in [-0.25, -0.2) is 9.97 Å². The van der Waals surface area contributed by atoms with Gasteiger partial charge in [-0.2, -0.15) is 0 Å². The van der Waals surface area contributed by atoms with Crippen LogP contribution in [0.5, 0.6) is 0 Å². The molecule has 1 aromatic heterocycles. The van der Waals surface area contributed by atoms with Crippen molar-refractivity contribution in [2.75, 3.05) is 30.9 Å². The second-order valence-electron chi connectivity index (χ2n) is 5.47. The third-order valence-electron chi connectivity index (χ3n) is 3.59. The minimum absolute atomic E-state index is 0.520. The Hall–Kier alpha value is -2.34. The predicted octanol–water partition coefficient (Wildman–Crippen LogP) is 5.25. The van der Waals surface area contributed by atoms with Gasteiger partial charge in [0.2, 0.25) is 0 Å². The summed E-state index contributed by atoms with van der Waals surface area (Å²) in [6.07, 6.45) is 0. The number of benzene rings is 2. The Morgan fingerprint density at radius 3 is 2.31 bits per heavy atom. The fourth-order valence-electron chi connectivity index (χ4n) is 2.34. The quantitative estimate of drug-likeness (QED) is 0.541. The van der Waals surface area contributed by atoms with Gasteiger partial charge in [0.05, 0.1) is 22.3 Å². The van der Waals surface area contributed by atoms with Gasteiger partial charge in [-0.1, -0.05) is 59.6 Å². The summed E-state index contributed by atoms with van der Waals surface area (Å²) in [5, 5.41) is 7.46. The van der Waals surface area contributed by atoms with E-state index in [2.05, 4.69) is 20.6 Å². The Morgan fingerprint density at radius 1 is 0.923 bits per heavy atom. The van der Waals surface area contributed by atoms with Crippen LogP contribution in [0, 0.1) is 0 Å². The highest BCUT2D eigenvalue weighted by atomic mass is 35.5. The number of nitrogens with one attached hydrogen (secondary N) is 2. The molecule has 134 valence electrons. The SMILES string of the molecule is COCCNc1cc(Nc2c(Cl)cccc2Cl)nc(-c2ccccc2)n1. The fourth-order valence-corrected chi connectivity index (χ4v) is 2.84. The number of nitrogens with zero attached hydrogens (tertiary/aromatic N) is 2. The molecule has 7 heteroatoms. The molecule has 0 fully saturated rings. The second-order valence-corrected chi connectivity index (χ2v) is 6.28. The number of hydrogen-bond acceptors (Lipinski definition) is 5. The highest BCUT2D eigenvalue weighted by Crippen LogP contribution is 2.33. The van der Waals surface area contributed by atoms with E-state index in [1.54, 1.807) is 25.3 Å². The molecule has 0 atom stereocenters. The molecule has 0 aliphatic heterocycles. The van der Waals surface area contributed by atoms with E-state index < -0.39 is 0 Å². The zero-order valence-corrected chi connectivity index (χ0v) is 15.7. The van der Waals surface area contributed by atoms with Crippen LogP contribution in [0.1, 0.15) is 0 Å². The van der Waals surface area contributed by atoms with Gasteiger partial charge >= 0.3 is 0 Å². The first-order chi connectivity index (χ1) is 12.7. The van der Waals surface area contributed by atoms with Crippen molar-refractivity contribution in [3.05, 3.63) is 64.6 Å². The first-order valence-electron chi connectivity index (χ1n) is 8.05. The summed E-state index contributed by atoms with van der Waals surface area (Å²) in [4.78, 5) is 9.18. The highest BCUT2D eigenvalue weighted by Gasteiger charge is 2.10. The molecule has 0 aliphatic rings. The minimum Gasteiger partial charge on any atom is -0.383 e. The van der Waals surface area contributed by atoms with Gasteiger partial charge in [-0.05, 0) is 12.1 Å². The molecular weight excluding hydrogens is 371 g/mol. The van der Waals surface area contributed by atoms with E-state index in [0.717, 1.165) is 5.56 Å². The maximum Gasteiger partial charge on any atom is 0.163 e. The molecule has 0 bridgehead atoms. The van der Waals surface area contributed by atoms with Gasteiger partial charge in [-0.15, -0.1) is 0 Å². The molecule has 0 saturated carbocycles. The Balaban J connectivity index is 1.96. The van der Waals surface area contributed by atoms with Gasteiger partial charge in [0.1, 0.15) is 11.6 Å². The van der Waals surface area contributed by atoms with E-state index in [0.29, 0.717) is 46.3 Å². The molecule has 2 aromatic carbocycles. The van der Waals surface area contributed by atoms with Gasteiger partial charge in [-0.3, -0.25) is 0 Å². The first kappa shape index (κ1) is 18.5. The summed E-state index contributed by atoms with van der Waals surface area (Å²) >= 11 is 12.5. The number of halogens is 2. The van der Waals surface area contributed by atoms with Gasteiger partial charge < -0.3 is 15.4 Å².